The molecule has 5 heteroatoms. The first-order chi connectivity index (χ1) is 12.0. The molecule has 1 aliphatic carbocycles. The Morgan fingerprint density at radius 1 is 1.28 bits per heavy atom. The highest BCUT2D eigenvalue weighted by molar-refractivity contribution is 6.00. The molecule has 1 aliphatic rings. The van der Waals surface area contributed by atoms with Gasteiger partial charge in [0.1, 0.15) is 11.8 Å². The Hall–Kier alpha value is -2.53. The first-order valence-electron chi connectivity index (χ1n) is 8.50. The van der Waals surface area contributed by atoms with Crippen molar-refractivity contribution in [1.29, 1.82) is 0 Å². The monoisotopic (exact) mass is 338 g/mol. The van der Waals surface area contributed by atoms with Crippen LogP contribution in [0.3, 0.4) is 0 Å². The van der Waals surface area contributed by atoms with Gasteiger partial charge in [-0.15, -0.1) is 0 Å². The molecule has 1 fully saturated rings. The van der Waals surface area contributed by atoms with Crippen molar-refractivity contribution >= 4 is 11.7 Å². The first-order valence-corrected chi connectivity index (χ1v) is 8.50. The van der Waals surface area contributed by atoms with Gasteiger partial charge < -0.3 is 10.4 Å². The SMILES string of the molecule is CNC(=O)c1cc(C(=O)CC2CC2)cc(C(O)c2ccccc2C)n1. The second-order valence-corrected chi connectivity index (χ2v) is 6.57. The fourth-order valence-corrected chi connectivity index (χ4v) is 2.85. The number of amides is 1. The number of ketones is 1. The maximum Gasteiger partial charge on any atom is 0.269 e. The predicted octanol–water partition coefficient (Wildman–Crippen LogP) is 2.81. The van der Waals surface area contributed by atoms with Gasteiger partial charge in [0.05, 0.1) is 5.69 Å². The van der Waals surface area contributed by atoms with E-state index in [2.05, 4.69) is 10.3 Å². The van der Waals surface area contributed by atoms with Gasteiger partial charge in [-0.05, 0) is 48.9 Å². The fourth-order valence-electron chi connectivity index (χ4n) is 2.85. The number of pyridine rings is 1. The van der Waals surface area contributed by atoms with E-state index in [4.69, 9.17) is 0 Å². The van der Waals surface area contributed by atoms with E-state index in [9.17, 15) is 14.7 Å². The Morgan fingerprint density at radius 3 is 2.64 bits per heavy atom. The van der Waals surface area contributed by atoms with E-state index in [-0.39, 0.29) is 17.4 Å². The van der Waals surface area contributed by atoms with Crippen molar-refractivity contribution < 1.29 is 14.7 Å². The van der Waals surface area contributed by atoms with Gasteiger partial charge in [-0.2, -0.15) is 0 Å². The number of aromatic nitrogens is 1. The number of aliphatic hydroxyl groups is 1. The Kier molecular flexibility index (Phi) is 4.95. The van der Waals surface area contributed by atoms with Crippen LogP contribution in [0.15, 0.2) is 36.4 Å². The number of nitrogens with one attached hydrogen (secondary N) is 1. The number of aryl methyl sites for hydroxylation is 1. The number of Topliss-reactive ketones (excluding diaryl/α,β-unsaturated/α-hetero) is 1. The maximum atomic E-state index is 12.5. The zero-order valence-corrected chi connectivity index (χ0v) is 14.5. The summed E-state index contributed by atoms with van der Waals surface area (Å²) in [4.78, 5) is 28.8. The zero-order valence-electron chi connectivity index (χ0n) is 14.5. The van der Waals surface area contributed by atoms with Gasteiger partial charge in [0.25, 0.3) is 5.91 Å². The molecule has 1 atom stereocenters. The third kappa shape index (κ3) is 3.94. The number of carbonyl (C=O) groups excluding carboxylic acids is 2. The molecule has 0 radical (unpaired) electrons. The van der Waals surface area contributed by atoms with Crippen molar-refractivity contribution in [2.75, 3.05) is 7.05 Å². The van der Waals surface area contributed by atoms with Crippen LogP contribution in [0.4, 0.5) is 0 Å². The highest BCUT2D eigenvalue weighted by Crippen LogP contribution is 2.34. The van der Waals surface area contributed by atoms with Gasteiger partial charge in [0, 0.05) is 19.0 Å². The van der Waals surface area contributed by atoms with E-state index in [0.717, 1.165) is 18.4 Å². The van der Waals surface area contributed by atoms with Crippen LogP contribution in [0.5, 0.6) is 0 Å². The zero-order chi connectivity index (χ0) is 18.0. The molecule has 25 heavy (non-hydrogen) atoms. The normalized spacial score (nSPS) is 14.8. The molecule has 130 valence electrons. The van der Waals surface area contributed by atoms with Crippen LogP contribution < -0.4 is 5.32 Å². The summed E-state index contributed by atoms with van der Waals surface area (Å²) in [6, 6.07) is 10.6. The summed E-state index contributed by atoms with van der Waals surface area (Å²) in [6.07, 6.45) is 1.66. The molecule has 0 bridgehead atoms. The molecule has 3 rings (SSSR count). The largest absolute Gasteiger partial charge is 0.382 e. The number of rotatable bonds is 6. The van der Waals surface area contributed by atoms with Gasteiger partial charge in [-0.1, -0.05) is 24.3 Å². The van der Waals surface area contributed by atoms with Gasteiger partial charge in [0.2, 0.25) is 0 Å². The molecule has 2 aromatic rings. The molecule has 1 heterocycles. The third-order valence-electron chi connectivity index (χ3n) is 4.56. The lowest BCUT2D eigenvalue weighted by Crippen LogP contribution is -2.21. The summed E-state index contributed by atoms with van der Waals surface area (Å²) in [7, 11) is 1.51. The molecule has 2 N–H and O–H groups in total. The number of carbonyl (C=O) groups is 2. The number of hydrogen-bond acceptors (Lipinski definition) is 4. The topological polar surface area (TPSA) is 79.3 Å². The number of benzene rings is 1. The van der Waals surface area contributed by atoms with Crippen molar-refractivity contribution in [3.63, 3.8) is 0 Å². The van der Waals surface area contributed by atoms with Gasteiger partial charge in [0.15, 0.2) is 5.78 Å². The van der Waals surface area contributed by atoms with Crippen LogP contribution in [0, 0.1) is 12.8 Å². The number of aliphatic hydroxyl groups excluding tert-OH is 1. The summed E-state index contributed by atoms with van der Waals surface area (Å²) >= 11 is 0. The second-order valence-electron chi connectivity index (χ2n) is 6.57. The van der Waals surface area contributed by atoms with Crippen LogP contribution in [-0.2, 0) is 0 Å². The number of nitrogens with zero attached hydrogens (tertiary/aromatic N) is 1. The highest BCUT2D eigenvalue weighted by atomic mass is 16.3. The van der Waals surface area contributed by atoms with Crippen molar-refractivity contribution in [1.82, 2.24) is 10.3 Å². The lowest BCUT2D eigenvalue weighted by molar-refractivity contribution is 0.0957. The van der Waals surface area contributed by atoms with Crippen LogP contribution >= 0.6 is 0 Å². The lowest BCUT2D eigenvalue weighted by atomic mass is 9.98. The van der Waals surface area contributed by atoms with Crippen LogP contribution in [0.25, 0.3) is 0 Å². The standard InChI is InChI=1S/C20H22N2O3/c1-12-5-3-4-6-15(12)19(24)16-10-14(18(23)9-13-7-8-13)11-17(22-16)20(25)21-2/h3-6,10-11,13,19,24H,7-9H2,1-2H3,(H,21,25). The predicted molar refractivity (Wildman–Crippen MR) is 94.5 cm³/mol. The summed E-state index contributed by atoms with van der Waals surface area (Å²) in [5.41, 5.74) is 2.53. The summed E-state index contributed by atoms with van der Waals surface area (Å²) in [6.45, 7) is 1.90. The molecular weight excluding hydrogens is 316 g/mol. The Labute approximate surface area is 147 Å². The van der Waals surface area contributed by atoms with E-state index < -0.39 is 6.10 Å². The van der Waals surface area contributed by atoms with E-state index in [1.165, 1.54) is 13.1 Å². The quantitative estimate of drug-likeness (QED) is 0.794. The van der Waals surface area contributed by atoms with Gasteiger partial charge in [-0.25, -0.2) is 4.98 Å². The molecule has 1 saturated carbocycles. The molecule has 0 saturated heterocycles. The third-order valence-corrected chi connectivity index (χ3v) is 4.56. The van der Waals surface area contributed by atoms with E-state index in [0.29, 0.717) is 29.2 Å². The summed E-state index contributed by atoms with van der Waals surface area (Å²) in [5, 5.41) is 13.3. The van der Waals surface area contributed by atoms with E-state index >= 15 is 0 Å². The van der Waals surface area contributed by atoms with E-state index in [1.807, 2.05) is 31.2 Å². The maximum absolute atomic E-state index is 12.5. The minimum Gasteiger partial charge on any atom is -0.382 e. The van der Waals surface area contributed by atoms with Crippen LogP contribution in [0.2, 0.25) is 0 Å². The highest BCUT2D eigenvalue weighted by Gasteiger charge is 2.26. The average Bonchev–Trinajstić information content (AvgIpc) is 3.44. The van der Waals surface area contributed by atoms with Crippen molar-refractivity contribution in [2.45, 2.75) is 32.3 Å². The minimum atomic E-state index is -0.988. The Morgan fingerprint density at radius 2 is 2.00 bits per heavy atom. The van der Waals surface area contributed by atoms with E-state index in [1.54, 1.807) is 6.07 Å². The molecular formula is C20H22N2O3. The second kappa shape index (κ2) is 7.15. The smallest absolute Gasteiger partial charge is 0.269 e. The fraction of sp³-hybridized carbons (Fsp3) is 0.350. The summed E-state index contributed by atoms with van der Waals surface area (Å²) in [5.74, 6) is 0.0708. The Bertz CT molecular complexity index is 812. The Balaban J connectivity index is 2.00. The van der Waals surface area contributed by atoms with Crippen molar-refractivity contribution in [2.24, 2.45) is 5.92 Å². The van der Waals surface area contributed by atoms with Gasteiger partial charge in [-0.3, -0.25) is 9.59 Å². The van der Waals surface area contributed by atoms with Gasteiger partial charge >= 0.3 is 0 Å². The van der Waals surface area contributed by atoms with Crippen LogP contribution in [-0.4, -0.2) is 28.8 Å². The molecule has 0 aliphatic heterocycles. The minimum absolute atomic E-state index is 0.00622. The number of hydrogen-bond donors (Lipinski definition) is 2. The molecule has 1 aromatic carbocycles. The van der Waals surface area contributed by atoms with Crippen molar-refractivity contribution in [3.8, 4) is 0 Å². The average molecular weight is 338 g/mol. The first kappa shape index (κ1) is 17.3. The molecule has 5 nitrogen and oxygen atoms in total. The van der Waals surface area contributed by atoms with Crippen molar-refractivity contribution in [3.05, 3.63) is 64.5 Å². The molecule has 1 aromatic heterocycles. The summed E-state index contributed by atoms with van der Waals surface area (Å²) < 4.78 is 0. The molecule has 1 unspecified atom stereocenters. The van der Waals surface area contributed by atoms with Crippen LogP contribution in [0.1, 0.15) is 63.0 Å². The lowest BCUT2D eigenvalue weighted by Gasteiger charge is -2.15. The molecule has 0 spiro atoms. The molecule has 1 amide bonds.